The first-order chi connectivity index (χ1) is 8.52. The van der Waals surface area contributed by atoms with Crippen LogP contribution < -0.4 is 15.2 Å². The molecule has 2 aromatic heterocycles. The summed E-state index contributed by atoms with van der Waals surface area (Å²) in [6.07, 6.45) is 0. The first-order valence-corrected chi connectivity index (χ1v) is 5.51. The van der Waals surface area contributed by atoms with Crippen LogP contribution in [-0.2, 0) is 7.05 Å². The van der Waals surface area contributed by atoms with Crippen molar-refractivity contribution in [1.29, 1.82) is 0 Å². The Labute approximate surface area is 105 Å². The van der Waals surface area contributed by atoms with E-state index in [1.165, 1.54) is 7.11 Å². The lowest BCUT2D eigenvalue weighted by Gasteiger charge is -2.08. The van der Waals surface area contributed by atoms with E-state index >= 15 is 0 Å². The Hall–Kier alpha value is -2.24. The van der Waals surface area contributed by atoms with Gasteiger partial charge in [-0.2, -0.15) is 10.1 Å². The van der Waals surface area contributed by atoms with E-state index in [0.29, 0.717) is 23.2 Å². The number of nitrogens with zero attached hydrogens (tertiary/aromatic N) is 3. The molecule has 0 aliphatic rings. The Morgan fingerprint density at radius 2 is 2.00 bits per heavy atom. The fourth-order valence-electron chi connectivity index (χ4n) is 1.66. The summed E-state index contributed by atoms with van der Waals surface area (Å²) in [5.41, 5.74) is 7.92. The van der Waals surface area contributed by atoms with Gasteiger partial charge in [-0.15, -0.1) is 0 Å². The van der Waals surface area contributed by atoms with Gasteiger partial charge in [0.25, 0.3) is 0 Å². The molecule has 6 heteroatoms. The summed E-state index contributed by atoms with van der Waals surface area (Å²) in [6.45, 7) is 3.82. The largest absolute Gasteiger partial charge is 0.479 e. The molecule has 2 rings (SSSR count). The lowest BCUT2D eigenvalue weighted by atomic mass is 10.3. The van der Waals surface area contributed by atoms with Crippen molar-refractivity contribution in [2.75, 3.05) is 12.8 Å². The van der Waals surface area contributed by atoms with E-state index in [1.54, 1.807) is 16.8 Å². The molecular formula is C12H16N4O2. The monoisotopic (exact) mass is 248 g/mol. The molecule has 0 saturated carbocycles. The van der Waals surface area contributed by atoms with Gasteiger partial charge in [0.2, 0.25) is 11.8 Å². The zero-order valence-electron chi connectivity index (χ0n) is 10.9. The number of hydrogen-bond donors (Lipinski definition) is 1. The molecule has 0 fully saturated rings. The zero-order valence-corrected chi connectivity index (χ0v) is 10.9. The van der Waals surface area contributed by atoms with Crippen LogP contribution in [0.5, 0.6) is 17.5 Å². The highest BCUT2D eigenvalue weighted by atomic mass is 16.5. The number of nitrogen functional groups attached to an aromatic ring is 1. The number of anilines is 1. The summed E-state index contributed by atoms with van der Waals surface area (Å²) in [7, 11) is 3.38. The predicted molar refractivity (Wildman–Crippen MR) is 68.0 cm³/mol. The topological polar surface area (TPSA) is 75.2 Å². The molecule has 0 aliphatic carbocycles. The lowest BCUT2D eigenvalue weighted by Crippen LogP contribution is -1.98. The number of aryl methyl sites for hydroxylation is 2. The molecule has 0 unspecified atom stereocenters. The molecule has 0 bridgehead atoms. The van der Waals surface area contributed by atoms with Gasteiger partial charge in [-0.3, -0.25) is 4.68 Å². The van der Waals surface area contributed by atoms with Crippen molar-refractivity contribution in [2.24, 2.45) is 7.05 Å². The summed E-state index contributed by atoms with van der Waals surface area (Å²) in [5.74, 6) is 1.49. The van der Waals surface area contributed by atoms with Gasteiger partial charge < -0.3 is 15.2 Å². The number of aromatic nitrogens is 3. The number of nitrogens with two attached hydrogens (primary N) is 1. The average Bonchev–Trinajstić information content (AvgIpc) is 2.58. The maximum absolute atomic E-state index is 5.73. The highest BCUT2D eigenvalue weighted by molar-refractivity contribution is 5.50. The molecule has 0 saturated heterocycles. The maximum atomic E-state index is 5.73. The normalized spacial score (nSPS) is 10.4. The van der Waals surface area contributed by atoms with Crippen LogP contribution in [0.15, 0.2) is 12.1 Å². The van der Waals surface area contributed by atoms with Gasteiger partial charge in [-0.05, 0) is 19.9 Å². The first kappa shape index (κ1) is 12.2. The smallest absolute Gasteiger partial charge is 0.240 e. The number of hydrogen-bond acceptors (Lipinski definition) is 5. The van der Waals surface area contributed by atoms with E-state index in [-0.39, 0.29) is 0 Å². The minimum absolute atomic E-state index is 0.353. The van der Waals surface area contributed by atoms with Crippen LogP contribution in [0.25, 0.3) is 0 Å². The van der Waals surface area contributed by atoms with Gasteiger partial charge in [0.05, 0.1) is 18.5 Å². The van der Waals surface area contributed by atoms with Crippen molar-refractivity contribution in [1.82, 2.24) is 14.8 Å². The standard InChI is InChI=1S/C12H16N4O2/c1-7-11(8(2)16(3)15-7)18-10-6-5-9(13)12(14-10)17-4/h5-6H,13H2,1-4H3. The van der Waals surface area contributed by atoms with Crippen molar-refractivity contribution in [3.05, 3.63) is 23.5 Å². The molecular weight excluding hydrogens is 232 g/mol. The predicted octanol–water partition coefficient (Wildman–Crippen LogP) is 1.82. The van der Waals surface area contributed by atoms with Crippen LogP contribution in [0.3, 0.4) is 0 Å². The molecule has 2 N–H and O–H groups in total. The summed E-state index contributed by atoms with van der Waals surface area (Å²) in [4.78, 5) is 4.17. The third-order valence-electron chi connectivity index (χ3n) is 2.71. The molecule has 0 aliphatic heterocycles. The van der Waals surface area contributed by atoms with E-state index in [4.69, 9.17) is 15.2 Å². The van der Waals surface area contributed by atoms with Crippen LogP contribution >= 0.6 is 0 Å². The SMILES string of the molecule is COc1nc(Oc2c(C)nn(C)c2C)ccc1N. The van der Waals surface area contributed by atoms with Gasteiger partial charge in [-0.1, -0.05) is 0 Å². The third kappa shape index (κ3) is 2.09. The molecule has 0 aromatic carbocycles. The maximum Gasteiger partial charge on any atom is 0.240 e. The summed E-state index contributed by atoms with van der Waals surface area (Å²) in [5, 5.41) is 4.27. The van der Waals surface area contributed by atoms with Gasteiger partial charge in [0.1, 0.15) is 5.69 Å². The van der Waals surface area contributed by atoms with Crippen molar-refractivity contribution in [3.8, 4) is 17.5 Å². The Morgan fingerprint density at radius 1 is 1.28 bits per heavy atom. The quantitative estimate of drug-likeness (QED) is 0.896. The second-order valence-electron chi connectivity index (χ2n) is 3.97. The Kier molecular flexibility index (Phi) is 3.10. The minimum Gasteiger partial charge on any atom is -0.479 e. The van der Waals surface area contributed by atoms with Gasteiger partial charge in [0, 0.05) is 13.1 Å². The number of rotatable bonds is 3. The molecule has 0 amide bonds. The lowest BCUT2D eigenvalue weighted by molar-refractivity contribution is 0.384. The summed E-state index contributed by atoms with van der Waals surface area (Å²) >= 11 is 0. The van der Waals surface area contributed by atoms with Gasteiger partial charge in [-0.25, -0.2) is 0 Å². The molecule has 96 valence electrons. The molecule has 18 heavy (non-hydrogen) atoms. The first-order valence-electron chi connectivity index (χ1n) is 5.51. The number of pyridine rings is 1. The van der Waals surface area contributed by atoms with Crippen molar-refractivity contribution in [2.45, 2.75) is 13.8 Å². The van der Waals surface area contributed by atoms with Crippen molar-refractivity contribution in [3.63, 3.8) is 0 Å². The van der Waals surface area contributed by atoms with Gasteiger partial charge in [0.15, 0.2) is 5.75 Å². The highest BCUT2D eigenvalue weighted by Crippen LogP contribution is 2.29. The molecule has 0 atom stereocenters. The molecule has 0 spiro atoms. The second kappa shape index (κ2) is 4.56. The Balaban J connectivity index is 2.34. The summed E-state index contributed by atoms with van der Waals surface area (Å²) < 4.78 is 12.5. The number of ether oxygens (including phenoxy) is 2. The average molecular weight is 248 g/mol. The number of methoxy groups -OCH3 is 1. The highest BCUT2D eigenvalue weighted by Gasteiger charge is 2.13. The zero-order chi connectivity index (χ0) is 13.3. The minimum atomic E-state index is 0.353. The fraction of sp³-hybridized carbons (Fsp3) is 0.333. The van der Waals surface area contributed by atoms with E-state index in [1.807, 2.05) is 20.9 Å². The van der Waals surface area contributed by atoms with Crippen LogP contribution in [0, 0.1) is 13.8 Å². The third-order valence-corrected chi connectivity index (χ3v) is 2.71. The molecule has 0 radical (unpaired) electrons. The van der Waals surface area contributed by atoms with Crippen LogP contribution in [0.1, 0.15) is 11.4 Å². The van der Waals surface area contributed by atoms with Gasteiger partial charge >= 0.3 is 0 Å². The van der Waals surface area contributed by atoms with E-state index < -0.39 is 0 Å². The Morgan fingerprint density at radius 3 is 2.56 bits per heavy atom. The van der Waals surface area contributed by atoms with Crippen LogP contribution in [-0.4, -0.2) is 21.9 Å². The molecule has 6 nitrogen and oxygen atoms in total. The van der Waals surface area contributed by atoms with Crippen molar-refractivity contribution >= 4 is 5.69 Å². The molecule has 2 aromatic rings. The fourth-order valence-corrected chi connectivity index (χ4v) is 1.66. The van der Waals surface area contributed by atoms with Crippen molar-refractivity contribution < 1.29 is 9.47 Å². The van der Waals surface area contributed by atoms with E-state index in [9.17, 15) is 0 Å². The van der Waals surface area contributed by atoms with Crippen LogP contribution in [0.2, 0.25) is 0 Å². The van der Waals surface area contributed by atoms with Crippen LogP contribution in [0.4, 0.5) is 5.69 Å². The second-order valence-corrected chi connectivity index (χ2v) is 3.97. The Bertz CT molecular complexity index is 578. The molecule has 2 heterocycles. The summed E-state index contributed by atoms with van der Waals surface area (Å²) in [6, 6.07) is 3.39. The van der Waals surface area contributed by atoms with E-state index in [2.05, 4.69) is 10.1 Å². The van der Waals surface area contributed by atoms with E-state index in [0.717, 1.165) is 11.4 Å².